The van der Waals surface area contributed by atoms with Crippen molar-refractivity contribution in [2.24, 2.45) is 0 Å². The summed E-state index contributed by atoms with van der Waals surface area (Å²) in [5, 5.41) is 14.3. The summed E-state index contributed by atoms with van der Waals surface area (Å²) in [6.07, 6.45) is 1.35. The Morgan fingerprint density at radius 3 is 2.65 bits per heavy atom. The number of aliphatic hydroxyl groups excluding tert-OH is 1. The molecule has 23 heavy (non-hydrogen) atoms. The van der Waals surface area contributed by atoms with Gasteiger partial charge in [0.2, 0.25) is 0 Å². The second-order valence-electron chi connectivity index (χ2n) is 5.60. The first-order chi connectivity index (χ1) is 11.1. The van der Waals surface area contributed by atoms with E-state index in [0.717, 1.165) is 27.0 Å². The van der Waals surface area contributed by atoms with E-state index in [1.165, 1.54) is 5.56 Å². The van der Waals surface area contributed by atoms with E-state index in [1.807, 2.05) is 56.4 Å². The zero-order valence-electron chi connectivity index (χ0n) is 13.2. The van der Waals surface area contributed by atoms with Crippen molar-refractivity contribution >= 4 is 11.3 Å². The normalized spacial score (nSPS) is 12.5. The molecule has 1 atom stereocenters. The number of thiazole rings is 1. The molecule has 0 radical (unpaired) electrons. The third-order valence-corrected chi connectivity index (χ3v) is 4.62. The van der Waals surface area contributed by atoms with Crippen LogP contribution >= 0.6 is 11.3 Å². The Morgan fingerprint density at radius 2 is 1.96 bits per heavy atom. The van der Waals surface area contributed by atoms with Crippen molar-refractivity contribution in [2.75, 3.05) is 6.54 Å². The van der Waals surface area contributed by atoms with Crippen LogP contribution in [0.3, 0.4) is 0 Å². The number of rotatable bonds is 6. The van der Waals surface area contributed by atoms with E-state index in [-0.39, 0.29) is 0 Å². The van der Waals surface area contributed by atoms with E-state index in [0.29, 0.717) is 13.1 Å². The third-order valence-electron chi connectivity index (χ3n) is 3.60. The standard InChI is InChI=1S/C18H20N2O2S/c1-12-3-6-14(7-4-12)16(21)11-19-9-15-10-20-18(23-15)17-8-5-13(2)22-17/h3-8,10,16,19,21H,9,11H2,1-2H3. The molecular formula is C18H20N2O2S. The van der Waals surface area contributed by atoms with Gasteiger partial charge >= 0.3 is 0 Å². The first kappa shape index (κ1) is 15.9. The highest BCUT2D eigenvalue weighted by molar-refractivity contribution is 7.14. The van der Waals surface area contributed by atoms with Crippen molar-refractivity contribution in [1.82, 2.24) is 10.3 Å². The van der Waals surface area contributed by atoms with Crippen LogP contribution in [0.25, 0.3) is 10.8 Å². The zero-order chi connectivity index (χ0) is 16.2. The van der Waals surface area contributed by atoms with Gasteiger partial charge < -0.3 is 14.8 Å². The van der Waals surface area contributed by atoms with Gasteiger partial charge in [0.25, 0.3) is 0 Å². The van der Waals surface area contributed by atoms with Crippen LogP contribution in [0.2, 0.25) is 0 Å². The second-order valence-corrected chi connectivity index (χ2v) is 6.71. The van der Waals surface area contributed by atoms with Crippen LogP contribution in [0.4, 0.5) is 0 Å². The molecule has 5 heteroatoms. The molecule has 0 bridgehead atoms. The Kier molecular flexibility index (Phi) is 4.91. The van der Waals surface area contributed by atoms with Crippen LogP contribution in [-0.4, -0.2) is 16.6 Å². The monoisotopic (exact) mass is 328 g/mol. The molecule has 0 saturated carbocycles. The van der Waals surface area contributed by atoms with Gasteiger partial charge in [-0.25, -0.2) is 4.98 Å². The van der Waals surface area contributed by atoms with Crippen LogP contribution < -0.4 is 5.32 Å². The molecule has 2 heterocycles. The smallest absolute Gasteiger partial charge is 0.162 e. The van der Waals surface area contributed by atoms with Crippen molar-refractivity contribution in [3.63, 3.8) is 0 Å². The van der Waals surface area contributed by atoms with E-state index < -0.39 is 6.10 Å². The van der Waals surface area contributed by atoms with E-state index in [2.05, 4.69) is 10.3 Å². The fourth-order valence-corrected chi connectivity index (χ4v) is 3.13. The Balaban J connectivity index is 1.53. The number of aromatic nitrogens is 1. The molecule has 4 nitrogen and oxygen atoms in total. The average molecular weight is 328 g/mol. The summed E-state index contributed by atoms with van der Waals surface area (Å²) in [6.45, 7) is 5.15. The fourth-order valence-electron chi connectivity index (χ4n) is 2.29. The molecule has 0 spiro atoms. The fraction of sp³-hybridized carbons (Fsp3) is 0.278. The van der Waals surface area contributed by atoms with E-state index in [1.54, 1.807) is 11.3 Å². The molecule has 3 rings (SSSR count). The minimum absolute atomic E-state index is 0.504. The summed E-state index contributed by atoms with van der Waals surface area (Å²) in [5.74, 6) is 1.69. The molecule has 1 unspecified atom stereocenters. The van der Waals surface area contributed by atoms with Gasteiger partial charge in [0.1, 0.15) is 5.76 Å². The lowest BCUT2D eigenvalue weighted by Crippen LogP contribution is -2.20. The number of nitrogens with zero attached hydrogens (tertiary/aromatic N) is 1. The summed E-state index contributed by atoms with van der Waals surface area (Å²) < 4.78 is 5.58. The molecule has 0 fully saturated rings. The number of hydrogen-bond donors (Lipinski definition) is 2. The van der Waals surface area contributed by atoms with Crippen molar-refractivity contribution in [2.45, 2.75) is 26.5 Å². The predicted molar refractivity (Wildman–Crippen MR) is 92.4 cm³/mol. The van der Waals surface area contributed by atoms with Crippen LogP contribution in [-0.2, 0) is 6.54 Å². The third kappa shape index (κ3) is 4.07. The Hall–Kier alpha value is -1.95. The topological polar surface area (TPSA) is 58.3 Å². The summed E-state index contributed by atoms with van der Waals surface area (Å²) >= 11 is 1.60. The Bertz CT molecular complexity index is 761. The highest BCUT2D eigenvalue weighted by atomic mass is 32.1. The van der Waals surface area contributed by atoms with Gasteiger partial charge in [-0.1, -0.05) is 29.8 Å². The maximum absolute atomic E-state index is 10.2. The predicted octanol–water partition coefficient (Wildman–Crippen LogP) is 3.84. The number of furan rings is 1. The number of benzene rings is 1. The first-order valence-electron chi connectivity index (χ1n) is 7.58. The maximum Gasteiger partial charge on any atom is 0.162 e. The van der Waals surface area contributed by atoms with Crippen LogP contribution in [0, 0.1) is 13.8 Å². The van der Waals surface area contributed by atoms with Gasteiger partial charge in [0.05, 0.1) is 6.10 Å². The largest absolute Gasteiger partial charge is 0.459 e. The number of aliphatic hydroxyl groups is 1. The lowest BCUT2D eigenvalue weighted by atomic mass is 10.1. The van der Waals surface area contributed by atoms with E-state index >= 15 is 0 Å². The highest BCUT2D eigenvalue weighted by Gasteiger charge is 2.10. The summed E-state index contributed by atoms with van der Waals surface area (Å²) in [7, 11) is 0. The summed E-state index contributed by atoms with van der Waals surface area (Å²) in [5.41, 5.74) is 2.12. The van der Waals surface area contributed by atoms with Crippen molar-refractivity contribution in [1.29, 1.82) is 0 Å². The Morgan fingerprint density at radius 1 is 1.17 bits per heavy atom. The van der Waals surface area contributed by atoms with E-state index in [9.17, 15) is 5.11 Å². The second kappa shape index (κ2) is 7.08. The molecule has 120 valence electrons. The van der Waals surface area contributed by atoms with Gasteiger partial charge in [-0.2, -0.15) is 0 Å². The lowest BCUT2D eigenvalue weighted by Gasteiger charge is -2.11. The minimum atomic E-state index is -0.504. The molecule has 0 saturated heterocycles. The van der Waals surface area contributed by atoms with Crippen LogP contribution in [0.1, 0.15) is 27.9 Å². The lowest BCUT2D eigenvalue weighted by molar-refractivity contribution is 0.174. The van der Waals surface area contributed by atoms with Crippen molar-refractivity contribution in [3.05, 3.63) is 64.4 Å². The molecule has 0 aliphatic carbocycles. The quantitative estimate of drug-likeness (QED) is 0.722. The summed E-state index contributed by atoms with van der Waals surface area (Å²) in [6, 6.07) is 11.8. The molecule has 2 aromatic heterocycles. The summed E-state index contributed by atoms with van der Waals surface area (Å²) in [4.78, 5) is 5.50. The van der Waals surface area contributed by atoms with Gasteiger partial charge in [-0.05, 0) is 31.5 Å². The van der Waals surface area contributed by atoms with Crippen LogP contribution in [0.5, 0.6) is 0 Å². The average Bonchev–Trinajstić information content (AvgIpc) is 3.17. The maximum atomic E-state index is 10.2. The molecule has 0 aliphatic rings. The Labute approximate surface area is 139 Å². The van der Waals surface area contributed by atoms with Crippen molar-refractivity contribution < 1.29 is 9.52 Å². The molecule has 0 amide bonds. The number of hydrogen-bond acceptors (Lipinski definition) is 5. The first-order valence-corrected chi connectivity index (χ1v) is 8.40. The van der Waals surface area contributed by atoms with E-state index in [4.69, 9.17) is 4.42 Å². The molecule has 1 aromatic carbocycles. The minimum Gasteiger partial charge on any atom is -0.459 e. The number of nitrogens with one attached hydrogen (secondary N) is 1. The van der Waals surface area contributed by atoms with Gasteiger partial charge in [0.15, 0.2) is 10.8 Å². The highest BCUT2D eigenvalue weighted by Crippen LogP contribution is 2.26. The van der Waals surface area contributed by atoms with Crippen molar-refractivity contribution in [3.8, 4) is 10.8 Å². The molecule has 2 N–H and O–H groups in total. The molecule has 3 aromatic rings. The van der Waals surface area contributed by atoms with Gasteiger partial charge in [-0.15, -0.1) is 11.3 Å². The van der Waals surface area contributed by atoms with Gasteiger partial charge in [-0.3, -0.25) is 0 Å². The number of aryl methyl sites for hydroxylation is 2. The van der Waals surface area contributed by atoms with Crippen LogP contribution in [0.15, 0.2) is 47.0 Å². The molecule has 0 aliphatic heterocycles. The zero-order valence-corrected chi connectivity index (χ0v) is 14.1. The SMILES string of the molecule is Cc1ccc(C(O)CNCc2cnc(-c3ccc(C)o3)s2)cc1. The van der Waals surface area contributed by atoms with Gasteiger partial charge in [0, 0.05) is 24.2 Å². The molecular weight excluding hydrogens is 308 g/mol.